The second-order valence-corrected chi connectivity index (χ2v) is 5.08. The van der Waals surface area contributed by atoms with Gasteiger partial charge in [-0.2, -0.15) is 0 Å². The minimum absolute atomic E-state index is 0.0776. The summed E-state index contributed by atoms with van der Waals surface area (Å²) in [7, 11) is 1.87. The Morgan fingerprint density at radius 3 is 2.00 bits per heavy atom. The number of rotatable bonds is 5. The van der Waals surface area contributed by atoms with Crippen LogP contribution >= 0.6 is 0 Å². The van der Waals surface area contributed by atoms with Crippen molar-refractivity contribution in [2.24, 2.45) is 17.6 Å². The van der Waals surface area contributed by atoms with Crippen molar-refractivity contribution >= 4 is 5.91 Å². The number of hydrogen-bond donors (Lipinski definition) is 1. The topological polar surface area (TPSA) is 46.3 Å². The number of hydrogen-bond acceptors (Lipinski definition) is 2. The summed E-state index contributed by atoms with van der Waals surface area (Å²) >= 11 is 0. The maximum Gasteiger partial charge on any atom is 0.226 e. The Morgan fingerprint density at radius 1 is 1.20 bits per heavy atom. The summed E-state index contributed by atoms with van der Waals surface area (Å²) in [6.07, 6.45) is 1.04. The zero-order valence-electron chi connectivity index (χ0n) is 10.9. The molecular weight excluding hydrogens is 188 g/mol. The molecule has 0 aliphatic heterocycles. The summed E-state index contributed by atoms with van der Waals surface area (Å²) in [5.74, 6) is 0.670. The Labute approximate surface area is 94.0 Å². The fourth-order valence-electron chi connectivity index (χ4n) is 1.60. The molecule has 0 saturated carbocycles. The van der Waals surface area contributed by atoms with Crippen LogP contribution in [0.4, 0.5) is 0 Å². The number of carbonyl (C=O) groups is 1. The van der Waals surface area contributed by atoms with Crippen LogP contribution in [0.1, 0.15) is 41.0 Å². The third-order valence-corrected chi connectivity index (χ3v) is 3.00. The molecule has 0 bridgehead atoms. The zero-order chi connectivity index (χ0) is 12.2. The third kappa shape index (κ3) is 4.65. The van der Waals surface area contributed by atoms with Crippen molar-refractivity contribution in [2.45, 2.75) is 53.1 Å². The highest BCUT2D eigenvalue weighted by Crippen LogP contribution is 2.13. The molecule has 0 aromatic heterocycles. The maximum absolute atomic E-state index is 12.0. The average molecular weight is 214 g/mol. The van der Waals surface area contributed by atoms with E-state index in [1.165, 1.54) is 0 Å². The summed E-state index contributed by atoms with van der Waals surface area (Å²) < 4.78 is 0. The summed E-state index contributed by atoms with van der Waals surface area (Å²) in [5, 5.41) is 0. The van der Waals surface area contributed by atoms with E-state index >= 15 is 0 Å². The molecule has 90 valence electrons. The van der Waals surface area contributed by atoms with Crippen molar-refractivity contribution in [3.63, 3.8) is 0 Å². The summed E-state index contributed by atoms with van der Waals surface area (Å²) in [4.78, 5) is 13.8. The highest BCUT2D eigenvalue weighted by Gasteiger charge is 2.24. The second-order valence-electron chi connectivity index (χ2n) is 5.08. The quantitative estimate of drug-likeness (QED) is 0.759. The molecular formula is C12H26N2O. The lowest BCUT2D eigenvalue weighted by Crippen LogP contribution is -2.43. The Kier molecular flexibility index (Phi) is 5.88. The first kappa shape index (κ1) is 14.4. The molecule has 0 radical (unpaired) electrons. The predicted molar refractivity (Wildman–Crippen MR) is 64.5 cm³/mol. The molecule has 2 N–H and O–H groups in total. The largest absolute Gasteiger partial charge is 0.343 e. The smallest absolute Gasteiger partial charge is 0.226 e. The molecule has 0 aliphatic carbocycles. The monoisotopic (exact) mass is 214 g/mol. The molecule has 3 nitrogen and oxygen atoms in total. The Bertz CT molecular complexity index is 202. The van der Waals surface area contributed by atoms with Gasteiger partial charge in [-0.05, 0) is 26.2 Å². The van der Waals surface area contributed by atoms with E-state index in [1.54, 1.807) is 0 Å². The SMILES string of the molecule is CC(C)CC(C)N(C)C(=O)C(C)C(C)N. The molecule has 3 unspecified atom stereocenters. The van der Waals surface area contributed by atoms with Crippen molar-refractivity contribution in [3.8, 4) is 0 Å². The Hall–Kier alpha value is -0.570. The normalized spacial score (nSPS) is 17.3. The lowest BCUT2D eigenvalue weighted by molar-refractivity contribution is -0.136. The van der Waals surface area contributed by atoms with Gasteiger partial charge < -0.3 is 10.6 Å². The summed E-state index contributed by atoms with van der Waals surface area (Å²) in [6, 6.07) is 0.213. The van der Waals surface area contributed by atoms with Crippen LogP contribution in [0, 0.1) is 11.8 Å². The summed E-state index contributed by atoms with van der Waals surface area (Å²) in [5.41, 5.74) is 5.73. The van der Waals surface area contributed by atoms with Gasteiger partial charge in [-0.3, -0.25) is 4.79 Å². The van der Waals surface area contributed by atoms with Crippen molar-refractivity contribution < 1.29 is 4.79 Å². The molecule has 0 aliphatic rings. The molecule has 0 rings (SSSR count). The van der Waals surface area contributed by atoms with Crippen LogP contribution in [0.5, 0.6) is 0 Å². The van der Waals surface area contributed by atoms with Gasteiger partial charge in [0.05, 0.1) is 5.92 Å². The van der Waals surface area contributed by atoms with Crippen LogP contribution in [0.2, 0.25) is 0 Å². The third-order valence-electron chi connectivity index (χ3n) is 3.00. The number of amides is 1. The number of carbonyl (C=O) groups excluding carboxylic acids is 1. The van der Waals surface area contributed by atoms with Crippen molar-refractivity contribution in [3.05, 3.63) is 0 Å². The van der Waals surface area contributed by atoms with Crippen LogP contribution < -0.4 is 5.73 Å². The first-order valence-electron chi connectivity index (χ1n) is 5.79. The number of nitrogens with zero attached hydrogens (tertiary/aromatic N) is 1. The van der Waals surface area contributed by atoms with E-state index < -0.39 is 0 Å². The van der Waals surface area contributed by atoms with Crippen molar-refractivity contribution in [1.82, 2.24) is 4.90 Å². The van der Waals surface area contributed by atoms with Gasteiger partial charge in [0, 0.05) is 19.1 Å². The lowest BCUT2D eigenvalue weighted by Gasteiger charge is -2.30. The van der Waals surface area contributed by atoms with Crippen LogP contribution in [0.25, 0.3) is 0 Å². The fraction of sp³-hybridized carbons (Fsp3) is 0.917. The number of nitrogens with two attached hydrogens (primary N) is 1. The van der Waals surface area contributed by atoms with Gasteiger partial charge in [0.15, 0.2) is 0 Å². The first-order chi connectivity index (χ1) is 6.77. The highest BCUT2D eigenvalue weighted by molar-refractivity contribution is 5.79. The van der Waals surface area contributed by atoms with Gasteiger partial charge in [-0.1, -0.05) is 20.8 Å². The fourth-order valence-corrected chi connectivity index (χ4v) is 1.60. The van der Waals surface area contributed by atoms with Crippen LogP contribution in [-0.4, -0.2) is 29.9 Å². The van der Waals surface area contributed by atoms with Gasteiger partial charge in [0.1, 0.15) is 0 Å². The van der Waals surface area contributed by atoms with E-state index in [0.29, 0.717) is 12.0 Å². The molecule has 0 fully saturated rings. The standard InChI is InChI=1S/C12H26N2O/c1-8(2)7-9(3)14(6)12(15)10(4)11(5)13/h8-11H,7,13H2,1-6H3. The highest BCUT2D eigenvalue weighted by atomic mass is 16.2. The van der Waals surface area contributed by atoms with Gasteiger partial charge in [0.25, 0.3) is 0 Å². The van der Waals surface area contributed by atoms with Crippen molar-refractivity contribution in [1.29, 1.82) is 0 Å². The lowest BCUT2D eigenvalue weighted by atomic mass is 9.99. The molecule has 3 heteroatoms. The predicted octanol–water partition coefficient (Wildman–Crippen LogP) is 1.86. The van der Waals surface area contributed by atoms with Crippen LogP contribution in [-0.2, 0) is 4.79 Å². The van der Waals surface area contributed by atoms with E-state index in [4.69, 9.17) is 5.73 Å². The van der Waals surface area contributed by atoms with E-state index in [2.05, 4.69) is 20.8 Å². The van der Waals surface area contributed by atoms with Gasteiger partial charge >= 0.3 is 0 Å². The zero-order valence-corrected chi connectivity index (χ0v) is 10.9. The molecule has 15 heavy (non-hydrogen) atoms. The van der Waals surface area contributed by atoms with Gasteiger partial charge in [-0.25, -0.2) is 0 Å². The molecule has 3 atom stereocenters. The van der Waals surface area contributed by atoms with Gasteiger partial charge in [-0.15, -0.1) is 0 Å². The molecule has 0 aromatic carbocycles. The first-order valence-corrected chi connectivity index (χ1v) is 5.79. The van der Waals surface area contributed by atoms with Crippen LogP contribution in [0.3, 0.4) is 0 Å². The Balaban J connectivity index is 4.30. The van der Waals surface area contributed by atoms with E-state index in [0.717, 1.165) is 6.42 Å². The van der Waals surface area contributed by atoms with Crippen molar-refractivity contribution in [2.75, 3.05) is 7.05 Å². The van der Waals surface area contributed by atoms with E-state index in [-0.39, 0.29) is 17.9 Å². The van der Waals surface area contributed by atoms with Gasteiger partial charge in [0.2, 0.25) is 5.91 Å². The molecule has 1 amide bonds. The van der Waals surface area contributed by atoms with E-state index in [9.17, 15) is 4.79 Å². The molecule has 0 saturated heterocycles. The minimum Gasteiger partial charge on any atom is -0.343 e. The Morgan fingerprint density at radius 2 is 1.67 bits per heavy atom. The molecule has 0 aromatic rings. The molecule has 0 heterocycles. The minimum atomic E-state index is -0.0930. The van der Waals surface area contributed by atoms with Crippen LogP contribution in [0.15, 0.2) is 0 Å². The maximum atomic E-state index is 12.0. The summed E-state index contributed by atoms with van der Waals surface area (Å²) in [6.45, 7) is 10.2. The second kappa shape index (κ2) is 6.11. The average Bonchev–Trinajstić information content (AvgIpc) is 2.13. The molecule has 0 spiro atoms. The van der Waals surface area contributed by atoms with E-state index in [1.807, 2.05) is 25.8 Å².